The Kier molecular flexibility index (Phi) is 5.81. The van der Waals surface area contributed by atoms with Crippen LogP contribution in [0.3, 0.4) is 0 Å². The molecule has 138 valence electrons. The summed E-state index contributed by atoms with van der Waals surface area (Å²) in [6.45, 7) is 7.25. The van der Waals surface area contributed by atoms with Crippen LogP contribution in [-0.2, 0) is 0 Å². The number of rotatable bonds is 6. The van der Waals surface area contributed by atoms with Crippen LogP contribution >= 0.6 is 0 Å². The van der Waals surface area contributed by atoms with Crippen LogP contribution < -0.4 is 15.5 Å². The van der Waals surface area contributed by atoms with E-state index < -0.39 is 5.60 Å². The number of urea groups is 1. The number of piperazine rings is 1. The summed E-state index contributed by atoms with van der Waals surface area (Å²) in [4.78, 5) is 16.8. The quantitative estimate of drug-likeness (QED) is 0.729. The van der Waals surface area contributed by atoms with Crippen molar-refractivity contribution >= 4 is 11.7 Å². The average Bonchev–Trinajstić information content (AvgIpc) is 2.59. The van der Waals surface area contributed by atoms with E-state index in [0.29, 0.717) is 6.54 Å². The second-order valence-electron chi connectivity index (χ2n) is 7.43. The molecule has 0 spiro atoms. The molecule has 0 radical (unpaired) electrons. The lowest BCUT2D eigenvalue weighted by Crippen LogP contribution is -2.54. The number of hydrogen-bond acceptors (Lipinski definition) is 4. The molecule has 1 saturated carbocycles. The zero-order valence-electron chi connectivity index (χ0n) is 15.1. The zero-order chi connectivity index (χ0) is 17.7. The van der Waals surface area contributed by atoms with Gasteiger partial charge in [0.05, 0.1) is 5.60 Å². The molecule has 1 aliphatic carbocycles. The van der Waals surface area contributed by atoms with Gasteiger partial charge < -0.3 is 20.6 Å². The standard InChI is InChI=1S/C19H30N4O2/c1-16(21-18(24)20-15-19(25)8-5-9-19)14-22-10-12-23(13-11-22)17-6-3-2-4-7-17/h2-4,6-7,16,25H,5,8-15H2,1H3,(H2,20,21,24)/t16-/m1/s1. The molecule has 2 fully saturated rings. The molecule has 0 bridgehead atoms. The van der Waals surface area contributed by atoms with Crippen molar-refractivity contribution in [3.8, 4) is 0 Å². The lowest BCUT2D eigenvalue weighted by molar-refractivity contribution is -0.0290. The van der Waals surface area contributed by atoms with E-state index in [9.17, 15) is 9.90 Å². The fourth-order valence-corrected chi connectivity index (χ4v) is 3.54. The maximum Gasteiger partial charge on any atom is 0.315 e. The summed E-state index contributed by atoms with van der Waals surface area (Å²) in [5.74, 6) is 0. The van der Waals surface area contributed by atoms with Gasteiger partial charge in [-0.1, -0.05) is 18.2 Å². The van der Waals surface area contributed by atoms with Gasteiger partial charge in [0.25, 0.3) is 0 Å². The van der Waals surface area contributed by atoms with Gasteiger partial charge in [-0.3, -0.25) is 4.90 Å². The second-order valence-corrected chi connectivity index (χ2v) is 7.43. The first-order valence-corrected chi connectivity index (χ1v) is 9.33. The number of aliphatic hydroxyl groups is 1. The van der Waals surface area contributed by atoms with E-state index in [1.807, 2.05) is 13.0 Å². The highest BCUT2D eigenvalue weighted by molar-refractivity contribution is 5.74. The number of benzene rings is 1. The summed E-state index contributed by atoms with van der Waals surface area (Å²) in [5.41, 5.74) is 0.607. The highest BCUT2D eigenvalue weighted by Crippen LogP contribution is 2.30. The molecule has 1 heterocycles. The Morgan fingerprint density at radius 1 is 1.20 bits per heavy atom. The largest absolute Gasteiger partial charge is 0.388 e. The number of amides is 2. The van der Waals surface area contributed by atoms with Crippen LogP contribution in [0.25, 0.3) is 0 Å². The predicted octanol–water partition coefficient (Wildman–Crippen LogP) is 1.41. The Morgan fingerprint density at radius 3 is 2.48 bits per heavy atom. The van der Waals surface area contributed by atoms with Gasteiger partial charge in [0, 0.05) is 51.0 Å². The summed E-state index contributed by atoms with van der Waals surface area (Å²) >= 11 is 0. The highest BCUT2D eigenvalue weighted by Gasteiger charge is 2.34. The van der Waals surface area contributed by atoms with Crippen LogP contribution in [0.5, 0.6) is 0 Å². The Bertz CT molecular complexity index is 554. The van der Waals surface area contributed by atoms with Gasteiger partial charge in [-0.05, 0) is 38.3 Å². The molecule has 3 rings (SSSR count). The van der Waals surface area contributed by atoms with Crippen LogP contribution in [-0.4, -0.2) is 66.9 Å². The number of carbonyl (C=O) groups excluding carboxylic acids is 1. The molecular formula is C19H30N4O2. The number of anilines is 1. The second kappa shape index (κ2) is 8.06. The number of hydrogen-bond donors (Lipinski definition) is 3. The third kappa shape index (κ3) is 5.09. The number of nitrogens with zero attached hydrogens (tertiary/aromatic N) is 2. The van der Waals surface area contributed by atoms with Crippen molar-refractivity contribution in [2.45, 2.75) is 37.8 Å². The Hall–Kier alpha value is -1.79. The SMILES string of the molecule is C[C@H](CN1CCN(c2ccccc2)CC1)NC(=O)NCC1(O)CCC1. The fourth-order valence-electron chi connectivity index (χ4n) is 3.54. The minimum atomic E-state index is -0.672. The molecule has 1 saturated heterocycles. The third-order valence-corrected chi connectivity index (χ3v) is 5.27. The third-order valence-electron chi connectivity index (χ3n) is 5.27. The molecule has 3 N–H and O–H groups in total. The van der Waals surface area contributed by atoms with Crippen molar-refractivity contribution in [2.75, 3.05) is 44.2 Å². The normalized spacial score (nSPS) is 21.3. The minimum Gasteiger partial charge on any atom is -0.388 e. The first kappa shape index (κ1) is 18.0. The van der Waals surface area contributed by atoms with Gasteiger partial charge in [0.1, 0.15) is 0 Å². The van der Waals surface area contributed by atoms with Crippen molar-refractivity contribution in [3.05, 3.63) is 30.3 Å². The van der Waals surface area contributed by atoms with Gasteiger partial charge in [-0.2, -0.15) is 0 Å². The molecule has 2 amide bonds. The topological polar surface area (TPSA) is 67.8 Å². The smallest absolute Gasteiger partial charge is 0.315 e. The maximum atomic E-state index is 12.0. The summed E-state index contributed by atoms with van der Waals surface area (Å²) in [7, 11) is 0. The van der Waals surface area contributed by atoms with Crippen molar-refractivity contribution < 1.29 is 9.90 Å². The minimum absolute atomic E-state index is 0.0827. The average molecular weight is 346 g/mol. The molecule has 1 atom stereocenters. The lowest BCUT2D eigenvalue weighted by Gasteiger charge is -2.38. The van der Waals surface area contributed by atoms with Gasteiger partial charge in [-0.25, -0.2) is 4.79 Å². The Labute approximate surface area is 150 Å². The molecule has 0 unspecified atom stereocenters. The van der Waals surface area contributed by atoms with Gasteiger partial charge in [0.2, 0.25) is 0 Å². The molecule has 1 aliphatic heterocycles. The van der Waals surface area contributed by atoms with Crippen LogP contribution in [0.1, 0.15) is 26.2 Å². The first-order valence-electron chi connectivity index (χ1n) is 9.33. The summed E-state index contributed by atoms with van der Waals surface area (Å²) in [6.07, 6.45) is 2.62. The summed E-state index contributed by atoms with van der Waals surface area (Å²) in [6, 6.07) is 10.4. The van der Waals surface area contributed by atoms with Crippen molar-refractivity contribution in [1.29, 1.82) is 0 Å². The molecule has 25 heavy (non-hydrogen) atoms. The monoisotopic (exact) mass is 346 g/mol. The van der Waals surface area contributed by atoms with Crippen molar-refractivity contribution in [3.63, 3.8) is 0 Å². The molecule has 6 nitrogen and oxygen atoms in total. The summed E-state index contributed by atoms with van der Waals surface area (Å²) in [5, 5.41) is 15.8. The van der Waals surface area contributed by atoms with Crippen LogP contribution in [0.2, 0.25) is 0 Å². The van der Waals surface area contributed by atoms with Crippen LogP contribution in [0, 0.1) is 0 Å². The van der Waals surface area contributed by atoms with Gasteiger partial charge in [-0.15, -0.1) is 0 Å². The number of para-hydroxylation sites is 1. The number of nitrogens with one attached hydrogen (secondary N) is 2. The summed E-state index contributed by atoms with van der Waals surface area (Å²) < 4.78 is 0. The molecule has 1 aromatic carbocycles. The molecule has 1 aromatic rings. The molecule has 0 aromatic heterocycles. The predicted molar refractivity (Wildman–Crippen MR) is 99.9 cm³/mol. The fraction of sp³-hybridized carbons (Fsp3) is 0.632. The van der Waals surface area contributed by atoms with E-state index >= 15 is 0 Å². The maximum absolute atomic E-state index is 12.0. The first-order chi connectivity index (χ1) is 12.0. The molecule has 6 heteroatoms. The van der Waals surface area contributed by atoms with Crippen molar-refractivity contribution in [1.82, 2.24) is 15.5 Å². The van der Waals surface area contributed by atoms with E-state index in [4.69, 9.17) is 0 Å². The van der Waals surface area contributed by atoms with Gasteiger partial charge >= 0.3 is 6.03 Å². The van der Waals surface area contributed by atoms with Crippen LogP contribution in [0.4, 0.5) is 10.5 Å². The van der Waals surface area contributed by atoms with E-state index in [1.165, 1.54) is 5.69 Å². The highest BCUT2D eigenvalue weighted by atomic mass is 16.3. The Morgan fingerprint density at radius 2 is 1.88 bits per heavy atom. The Balaban J connectivity index is 1.34. The van der Waals surface area contributed by atoms with Gasteiger partial charge in [0.15, 0.2) is 0 Å². The van der Waals surface area contributed by atoms with E-state index in [1.54, 1.807) is 0 Å². The van der Waals surface area contributed by atoms with Crippen molar-refractivity contribution in [2.24, 2.45) is 0 Å². The lowest BCUT2D eigenvalue weighted by atomic mass is 9.80. The zero-order valence-corrected chi connectivity index (χ0v) is 15.1. The number of carbonyl (C=O) groups is 1. The van der Waals surface area contributed by atoms with E-state index in [2.05, 4.69) is 44.7 Å². The van der Waals surface area contributed by atoms with Crippen LogP contribution in [0.15, 0.2) is 30.3 Å². The van der Waals surface area contributed by atoms with E-state index in [-0.39, 0.29) is 12.1 Å². The van der Waals surface area contributed by atoms with E-state index in [0.717, 1.165) is 52.0 Å². The molecule has 2 aliphatic rings. The molecular weight excluding hydrogens is 316 g/mol.